The molecule has 1 aliphatic heterocycles. The number of phenols is 1. The summed E-state index contributed by atoms with van der Waals surface area (Å²) in [4.78, 5) is 2.38. The molecule has 2 rings (SSSR count). The summed E-state index contributed by atoms with van der Waals surface area (Å²) in [7, 11) is 2.17. The normalized spacial score (nSPS) is 22.1. The van der Waals surface area contributed by atoms with Gasteiger partial charge in [-0.05, 0) is 63.5 Å². The highest BCUT2D eigenvalue weighted by Gasteiger charge is 2.18. The number of hydrogen-bond acceptors (Lipinski definition) is 3. The number of rotatable bonds is 4. The zero-order valence-electron chi connectivity index (χ0n) is 11.4. The molecule has 2 unspecified atom stereocenters. The van der Waals surface area contributed by atoms with Crippen molar-refractivity contribution >= 4 is 0 Å². The molecule has 100 valence electrons. The third-order valence-electron chi connectivity index (χ3n) is 3.96. The molecule has 2 atom stereocenters. The maximum Gasteiger partial charge on any atom is 0.115 e. The Hall–Kier alpha value is -1.06. The van der Waals surface area contributed by atoms with E-state index in [1.54, 1.807) is 6.07 Å². The lowest BCUT2D eigenvalue weighted by atomic mass is 9.98. The van der Waals surface area contributed by atoms with E-state index in [2.05, 4.69) is 30.3 Å². The molecular formula is C15H24N2O. The first kappa shape index (κ1) is 13.4. The molecule has 1 saturated heterocycles. The fraction of sp³-hybridized carbons (Fsp3) is 0.600. The molecule has 0 bridgehead atoms. The van der Waals surface area contributed by atoms with Gasteiger partial charge in [-0.2, -0.15) is 0 Å². The van der Waals surface area contributed by atoms with Crippen molar-refractivity contribution in [3.8, 4) is 5.75 Å². The predicted octanol–water partition coefficient (Wildman–Crippen LogP) is 2.38. The van der Waals surface area contributed by atoms with Crippen LogP contribution in [0.1, 0.15) is 31.4 Å². The number of benzene rings is 1. The van der Waals surface area contributed by atoms with Crippen LogP contribution in [0.3, 0.4) is 0 Å². The van der Waals surface area contributed by atoms with Gasteiger partial charge in [-0.15, -0.1) is 0 Å². The van der Waals surface area contributed by atoms with Crippen molar-refractivity contribution in [3.63, 3.8) is 0 Å². The standard InChI is InChI=1S/C15H24N2O/c1-12(14-6-3-7-15(18)9-14)17(2)11-13-5-4-8-16-10-13/h3,6-7,9,12-13,16,18H,4-5,8,10-11H2,1-2H3. The van der Waals surface area contributed by atoms with Crippen LogP contribution in [-0.4, -0.2) is 36.7 Å². The third kappa shape index (κ3) is 3.47. The molecule has 1 aromatic rings. The average Bonchev–Trinajstić information content (AvgIpc) is 2.39. The van der Waals surface area contributed by atoms with Crippen LogP contribution in [0, 0.1) is 5.92 Å². The van der Waals surface area contributed by atoms with Gasteiger partial charge in [0.05, 0.1) is 0 Å². The van der Waals surface area contributed by atoms with Gasteiger partial charge in [0.1, 0.15) is 5.75 Å². The minimum absolute atomic E-state index is 0.346. The first-order valence-corrected chi connectivity index (χ1v) is 6.86. The van der Waals surface area contributed by atoms with Crippen molar-refractivity contribution < 1.29 is 5.11 Å². The van der Waals surface area contributed by atoms with E-state index in [4.69, 9.17) is 0 Å². The van der Waals surface area contributed by atoms with E-state index in [9.17, 15) is 5.11 Å². The van der Waals surface area contributed by atoms with Gasteiger partial charge in [0.15, 0.2) is 0 Å². The number of hydrogen-bond donors (Lipinski definition) is 2. The van der Waals surface area contributed by atoms with Gasteiger partial charge in [0, 0.05) is 12.6 Å². The molecule has 1 fully saturated rings. The number of aromatic hydroxyl groups is 1. The van der Waals surface area contributed by atoms with Crippen LogP contribution in [0.25, 0.3) is 0 Å². The molecule has 0 radical (unpaired) electrons. The summed E-state index contributed by atoms with van der Waals surface area (Å²) in [5, 5.41) is 13.0. The van der Waals surface area contributed by atoms with Gasteiger partial charge in [-0.1, -0.05) is 12.1 Å². The SMILES string of the molecule is CC(c1cccc(O)c1)N(C)CC1CCCNC1. The van der Waals surface area contributed by atoms with E-state index in [-0.39, 0.29) is 0 Å². The minimum atomic E-state index is 0.346. The molecular weight excluding hydrogens is 224 g/mol. The third-order valence-corrected chi connectivity index (χ3v) is 3.96. The monoisotopic (exact) mass is 248 g/mol. The first-order chi connectivity index (χ1) is 8.66. The van der Waals surface area contributed by atoms with E-state index in [0.717, 1.165) is 19.0 Å². The summed E-state index contributed by atoms with van der Waals surface area (Å²) in [6, 6.07) is 7.93. The van der Waals surface area contributed by atoms with E-state index in [1.807, 2.05) is 12.1 Å². The summed E-state index contributed by atoms with van der Waals surface area (Å²) in [6.45, 7) is 5.62. The Bertz CT molecular complexity index is 375. The Balaban J connectivity index is 1.93. The summed E-state index contributed by atoms with van der Waals surface area (Å²) in [6.07, 6.45) is 2.61. The number of piperidine rings is 1. The van der Waals surface area contributed by atoms with Crippen molar-refractivity contribution in [1.82, 2.24) is 10.2 Å². The molecule has 0 aliphatic carbocycles. The Labute approximate surface area is 110 Å². The molecule has 1 aromatic carbocycles. The van der Waals surface area contributed by atoms with Crippen LogP contribution in [0.2, 0.25) is 0 Å². The highest BCUT2D eigenvalue weighted by molar-refractivity contribution is 5.29. The van der Waals surface area contributed by atoms with E-state index < -0.39 is 0 Å². The van der Waals surface area contributed by atoms with Crippen molar-refractivity contribution in [1.29, 1.82) is 0 Å². The maximum absolute atomic E-state index is 9.54. The van der Waals surface area contributed by atoms with Gasteiger partial charge < -0.3 is 10.4 Å². The zero-order valence-corrected chi connectivity index (χ0v) is 11.4. The predicted molar refractivity (Wildman–Crippen MR) is 74.7 cm³/mol. The summed E-state index contributed by atoms with van der Waals surface area (Å²) >= 11 is 0. The Morgan fingerprint density at radius 3 is 3.00 bits per heavy atom. The van der Waals surface area contributed by atoms with Crippen LogP contribution < -0.4 is 5.32 Å². The van der Waals surface area contributed by atoms with Crippen molar-refractivity contribution in [2.45, 2.75) is 25.8 Å². The topological polar surface area (TPSA) is 35.5 Å². The Morgan fingerprint density at radius 2 is 2.33 bits per heavy atom. The first-order valence-electron chi connectivity index (χ1n) is 6.86. The summed E-state index contributed by atoms with van der Waals surface area (Å²) < 4.78 is 0. The zero-order chi connectivity index (χ0) is 13.0. The van der Waals surface area contributed by atoms with Crippen molar-refractivity contribution in [2.75, 3.05) is 26.7 Å². The van der Waals surface area contributed by atoms with E-state index >= 15 is 0 Å². The van der Waals surface area contributed by atoms with Gasteiger partial charge in [-0.3, -0.25) is 4.90 Å². The second kappa shape index (κ2) is 6.21. The lowest BCUT2D eigenvalue weighted by Gasteiger charge is -2.31. The molecule has 0 spiro atoms. The number of phenolic OH excluding ortho intramolecular Hbond substituents is 1. The van der Waals surface area contributed by atoms with Gasteiger partial charge in [0.2, 0.25) is 0 Å². The number of nitrogens with zero attached hydrogens (tertiary/aromatic N) is 1. The van der Waals surface area contributed by atoms with Crippen LogP contribution in [0.15, 0.2) is 24.3 Å². The molecule has 0 aromatic heterocycles. The fourth-order valence-corrected chi connectivity index (χ4v) is 2.68. The molecule has 18 heavy (non-hydrogen) atoms. The molecule has 3 nitrogen and oxygen atoms in total. The molecule has 1 aliphatic rings. The minimum Gasteiger partial charge on any atom is -0.508 e. The lowest BCUT2D eigenvalue weighted by molar-refractivity contribution is 0.199. The van der Waals surface area contributed by atoms with Gasteiger partial charge in [-0.25, -0.2) is 0 Å². The summed E-state index contributed by atoms with van der Waals surface area (Å²) in [5.41, 5.74) is 1.18. The quantitative estimate of drug-likeness (QED) is 0.859. The molecule has 1 heterocycles. The summed E-state index contributed by atoms with van der Waals surface area (Å²) in [5.74, 6) is 1.11. The highest BCUT2D eigenvalue weighted by Crippen LogP contribution is 2.24. The van der Waals surface area contributed by atoms with E-state index in [1.165, 1.54) is 24.9 Å². The second-order valence-corrected chi connectivity index (χ2v) is 5.42. The van der Waals surface area contributed by atoms with Crippen molar-refractivity contribution in [2.24, 2.45) is 5.92 Å². The van der Waals surface area contributed by atoms with Crippen molar-refractivity contribution in [3.05, 3.63) is 29.8 Å². The number of nitrogens with one attached hydrogen (secondary N) is 1. The fourth-order valence-electron chi connectivity index (χ4n) is 2.68. The average molecular weight is 248 g/mol. The molecule has 3 heteroatoms. The lowest BCUT2D eigenvalue weighted by Crippen LogP contribution is -2.37. The van der Waals surface area contributed by atoms with Crippen LogP contribution in [0.5, 0.6) is 5.75 Å². The van der Waals surface area contributed by atoms with Gasteiger partial charge >= 0.3 is 0 Å². The van der Waals surface area contributed by atoms with Crippen LogP contribution in [-0.2, 0) is 0 Å². The molecule has 0 saturated carbocycles. The second-order valence-electron chi connectivity index (χ2n) is 5.42. The van der Waals surface area contributed by atoms with Crippen LogP contribution in [0.4, 0.5) is 0 Å². The smallest absolute Gasteiger partial charge is 0.115 e. The Kier molecular flexibility index (Phi) is 4.61. The highest BCUT2D eigenvalue weighted by atomic mass is 16.3. The van der Waals surface area contributed by atoms with Crippen LogP contribution >= 0.6 is 0 Å². The molecule has 0 amide bonds. The maximum atomic E-state index is 9.54. The molecule has 2 N–H and O–H groups in total. The largest absolute Gasteiger partial charge is 0.508 e. The Morgan fingerprint density at radius 1 is 1.50 bits per heavy atom. The van der Waals surface area contributed by atoms with E-state index in [0.29, 0.717) is 11.8 Å². The van der Waals surface area contributed by atoms with Gasteiger partial charge in [0.25, 0.3) is 0 Å².